The van der Waals surface area contributed by atoms with Gasteiger partial charge in [-0.15, -0.1) is 0 Å². The van der Waals surface area contributed by atoms with Crippen molar-refractivity contribution in [2.45, 2.75) is 29.6 Å². The van der Waals surface area contributed by atoms with E-state index in [4.69, 9.17) is 0 Å². The second-order valence-corrected chi connectivity index (χ2v) is 4.67. The molecular formula is C6H9F2I. The van der Waals surface area contributed by atoms with Crippen LogP contribution in [0.4, 0.5) is 8.78 Å². The van der Waals surface area contributed by atoms with Gasteiger partial charge in [0, 0.05) is 16.8 Å². The van der Waals surface area contributed by atoms with Crippen molar-refractivity contribution in [3.8, 4) is 0 Å². The van der Waals surface area contributed by atoms with Gasteiger partial charge in [-0.2, -0.15) is 0 Å². The van der Waals surface area contributed by atoms with Crippen molar-refractivity contribution in [3.63, 3.8) is 0 Å². The van der Waals surface area contributed by atoms with Crippen molar-refractivity contribution in [3.05, 3.63) is 0 Å². The van der Waals surface area contributed by atoms with Crippen LogP contribution in [0.25, 0.3) is 0 Å². The fourth-order valence-corrected chi connectivity index (χ4v) is 1.54. The summed E-state index contributed by atoms with van der Waals surface area (Å²) in [5.74, 6) is -2.06. The van der Waals surface area contributed by atoms with Crippen LogP contribution in [0.15, 0.2) is 0 Å². The van der Waals surface area contributed by atoms with Gasteiger partial charge in [-0.3, -0.25) is 0 Å². The molecule has 0 bridgehead atoms. The molecule has 0 aromatic heterocycles. The summed E-state index contributed by atoms with van der Waals surface area (Å²) >= 11 is 2.20. The minimum atomic E-state index is -2.33. The summed E-state index contributed by atoms with van der Waals surface area (Å²) in [6, 6.07) is 0. The number of hydrogen-bond donors (Lipinski definition) is 0. The van der Waals surface area contributed by atoms with Gasteiger partial charge >= 0.3 is 0 Å². The van der Waals surface area contributed by atoms with E-state index < -0.39 is 5.92 Å². The summed E-state index contributed by atoms with van der Waals surface area (Å²) in [7, 11) is 0. The number of hydrogen-bond acceptors (Lipinski definition) is 0. The molecule has 1 atom stereocenters. The van der Waals surface area contributed by atoms with Gasteiger partial charge in [0.25, 0.3) is 0 Å². The van der Waals surface area contributed by atoms with Crippen LogP contribution in [-0.2, 0) is 0 Å². The van der Waals surface area contributed by atoms with Crippen LogP contribution in [0.5, 0.6) is 0 Å². The standard InChI is InChI=1S/C6H9F2I/c1-4(9)5-2-6(7,8)3-5/h4-5H,2-3H2,1H3/t4-/m0/s1. The summed E-state index contributed by atoms with van der Waals surface area (Å²) < 4.78 is 24.7. The molecule has 0 spiro atoms. The quantitative estimate of drug-likeness (QED) is 0.493. The Bertz CT molecular complexity index is 104. The molecule has 3 heteroatoms. The van der Waals surface area contributed by atoms with Crippen molar-refractivity contribution < 1.29 is 8.78 Å². The third-order valence-electron chi connectivity index (χ3n) is 1.77. The van der Waals surface area contributed by atoms with E-state index in [2.05, 4.69) is 22.6 Å². The number of rotatable bonds is 1. The molecule has 0 amide bonds. The van der Waals surface area contributed by atoms with E-state index in [-0.39, 0.29) is 18.8 Å². The van der Waals surface area contributed by atoms with Gasteiger partial charge in [-0.1, -0.05) is 29.5 Å². The molecular weight excluding hydrogens is 237 g/mol. The largest absolute Gasteiger partial charge is 0.248 e. The normalized spacial score (nSPS) is 29.3. The van der Waals surface area contributed by atoms with Gasteiger partial charge in [-0.25, -0.2) is 8.78 Å². The third kappa shape index (κ3) is 1.75. The van der Waals surface area contributed by atoms with Crippen LogP contribution in [0.2, 0.25) is 0 Å². The first-order chi connectivity index (χ1) is 4.01. The molecule has 0 nitrogen and oxygen atoms in total. The maximum absolute atomic E-state index is 12.1. The average Bonchev–Trinajstić information content (AvgIpc) is 1.59. The highest BCUT2D eigenvalue weighted by Gasteiger charge is 2.46. The van der Waals surface area contributed by atoms with Crippen molar-refractivity contribution in [2.24, 2.45) is 5.92 Å². The van der Waals surface area contributed by atoms with Crippen molar-refractivity contribution >= 4 is 22.6 Å². The monoisotopic (exact) mass is 246 g/mol. The molecule has 1 aliphatic rings. The molecule has 0 aromatic carbocycles. The van der Waals surface area contributed by atoms with E-state index in [1.807, 2.05) is 6.92 Å². The van der Waals surface area contributed by atoms with Crippen LogP contribution >= 0.6 is 22.6 Å². The van der Waals surface area contributed by atoms with E-state index in [1.165, 1.54) is 0 Å². The molecule has 1 saturated carbocycles. The summed E-state index contributed by atoms with van der Waals surface area (Å²) in [5.41, 5.74) is 0. The molecule has 0 aliphatic heterocycles. The molecule has 0 radical (unpaired) electrons. The molecule has 0 saturated heterocycles. The predicted molar refractivity (Wildman–Crippen MR) is 41.2 cm³/mol. The maximum atomic E-state index is 12.1. The molecule has 1 fully saturated rings. The van der Waals surface area contributed by atoms with Crippen molar-refractivity contribution in [1.82, 2.24) is 0 Å². The van der Waals surface area contributed by atoms with Crippen molar-refractivity contribution in [1.29, 1.82) is 0 Å². The smallest absolute Gasteiger partial charge is 0.207 e. The first kappa shape index (κ1) is 7.69. The molecule has 0 unspecified atom stereocenters. The molecule has 9 heavy (non-hydrogen) atoms. The highest BCUT2D eigenvalue weighted by molar-refractivity contribution is 14.1. The lowest BCUT2D eigenvalue weighted by Crippen LogP contribution is -2.38. The second-order valence-electron chi connectivity index (χ2n) is 2.70. The first-order valence-corrected chi connectivity index (χ1v) is 4.28. The summed E-state index contributed by atoms with van der Waals surface area (Å²) in [6.07, 6.45) is 0.216. The fourth-order valence-electron chi connectivity index (χ4n) is 1.03. The first-order valence-electron chi connectivity index (χ1n) is 3.03. The van der Waals surface area contributed by atoms with Crippen LogP contribution in [-0.4, -0.2) is 9.85 Å². The van der Waals surface area contributed by atoms with E-state index in [9.17, 15) is 8.78 Å². The zero-order chi connectivity index (χ0) is 7.07. The lowest BCUT2D eigenvalue weighted by atomic mass is 9.80. The van der Waals surface area contributed by atoms with Gasteiger partial charge in [0.2, 0.25) is 5.92 Å². The Kier molecular flexibility index (Phi) is 1.99. The summed E-state index contributed by atoms with van der Waals surface area (Å²) in [6.45, 7) is 1.99. The van der Waals surface area contributed by atoms with E-state index in [0.29, 0.717) is 3.92 Å². The average molecular weight is 246 g/mol. The van der Waals surface area contributed by atoms with Crippen LogP contribution in [0.1, 0.15) is 19.8 Å². The van der Waals surface area contributed by atoms with E-state index >= 15 is 0 Å². The fraction of sp³-hybridized carbons (Fsp3) is 1.00. The number of alkyl halides is 3. The highest BCUT2D eigenvalue weighted by Crippen LogP contribution is 2.45. The Balaban J connectivity index is 2.27. The Morgan fingerprint density at radius 2 is 2.00 bits per heavy atom. The van der Waals surface area contributed by atoms with Gasteiger partial charge in [0.15, 0.2) is 0 Å². The molecule has 0 aromatic rings. The van der Waals surface area contributed by atoms with E-state index in [0.717, 1.165) is 0 Å². The Morgan fingerprint density at radius 3 is 2.11 bits per heavy atom. The lowest BCUT2D eigenvalue weighted by Gasteiger charge is -2.36. The topological polar surface area (TPSA) is 0 Å². The van der Waals surface area contributed by atoms with Gasteiger partial charge in [-0.05, 0) is 5.92 Å². The van der Waals surface area contributed by atoms with Crippen LogP contribution < -0.4 is 0 Å². The highest BCUT2D eigenvalue weighted by atomic mass is 127. The Morgan fingerprint density at radius 1 is 1.56 bits per heavy atom. The van der Waals surface area contributed by atoms with E-state index in [1.54, 1.807) is 0 Å². The van der Waals surface area contributed by atoms with Gasteiger partial charge < -0.3 is 0 Å². The SMILES string of the molecule is C[C@H](I)C1CC(F)(F)C1. The lowest BCUT2D eigenvalue weighted by molar-refractivity contribution is -0.108. The van der Waals surface area contributed by atoms with Crippen LogP contribution in [0.3, 0.4) is 0 Å². The van der Waals surface area contributed by atoms with Gasteiger partial charge in [0.05, 0.1) is 0 Å². The molecule has 0 N–H and O–H groups in total. The number of halogens is 3. The van der Waals surface area contributed by atoms with Crippen LogP contribution in [0, 0.1) is 5.92 Å². The minimum Gasteiger partial charge on any atom is -0.207 e. The molecule has 1 aliphatic carbocycles. The summed E-state index contributed by atoms with van der Waals surface area (Å²) in [5, 5.41) is 0. The van der Waals surface area contributed by atoms with Crippen molar-refractivity contribution in [2.75, 3.05) is 0 Å². The zero-order valence-electron chi connectivity index (χ0n) is 5.20. The Hall–Kier alpha value is 0.590. The minimum absolute atomic E-state index is 0.108. The second kappa shape index (κ2) is 2.32. The molecule has 54 valence electrons. The maximum Gasteiger partial charge on any atom is 0.248 e. The predicted octanol–water partition coefficient (Wildman–Crippen LogP) is 2.86. The zero-order valence-corrected chi connectivity index (χ0v) is 7.36. The molecule has 1 rings (SSSR count). The Labute approximate surface area is 67.2 Å². The van der Waals surface area contributed by atoms with Gasteiger partial charge in [0.1, 0.15) is 0 Å². The third-order valence-corrected chi connectivity index (χ3v) is 2.79. The summed E-state index contributed by atoms with van der Waals surface area (Å²) in [4.78, 5) is 0. The molecule has 0 heterocycles.